The number of carbonyl (C=O) groups is 1. The standard InChI is InChI=1S/C13H17ClN4O3/c14-11-3-2-10(8-12(11)18(20)21)16-13(19)9-17-6-1-4-15-5-7-17/h2-3,8,15H,1,4-7,9H2,(H,16,19). The van der Waals surface area contributed by atoms with Gasteiger partial charge in [0.15, 0.2) is 0 Å². The smallest absolute Gasteiger partial charge is 0.289 e. The Morgan fingerprint density at radius 1 is 1.43 bits per heavy atom. The molecule has 1 heterocycles. The molecule has 21 heavy (non-hydrogen) atoms. The Labute approximate surface area is 127 Å². The monoisotopic (exact) mass is 312 g/mol. The fourth-order valence-electron chi connectivity index (χ4n) is 2.19. The van der Waals surface area contributed by atoms with Crippen molar-refractivity contribution in [1.82, 2.24) is 10.2 Å². The number of carbonyl (C=O) groups excluding carboxylic acids is 1. The molecule has 0 aromatic heterocycles. The van der Waals surface area contributed by atoms with Crippen molar-refractivity contribution in [2.24, 2.45) is 0 Å². The Kier molecular flexibility index (Phi) is 5.49. The molecule has 0 unspecified atom stereocenters. The molecule has 0 saturated carbocycles. The van der Waals surface area contributed by atoms with Gasteiger partial charge in [-0.05, 0) is 31.6 Å². The van der Waals surface area contributed by atoms with Gasteiger partial charge in [-0.15, -0.1) is 0 Å². The Bertz CT molecular complexity index is 530. The van der Waals surface area contributed by atoms with Gasteiger partial charge in [0, 0.05) is 24.8 Å². The molecule has 1 saturated heterocycles. The summed E-state index contributed by atoms with van der Waals surface area (Å²) < 4.78 is 0. The van der Waals surface area contributed by atoms with Gasteiger partial charge in [-0.25, -0.2) is 0 Å². The second-order valence-electron chi connectivity index (χ2n) is 4.85. The summed E-state index contributed by atoms with van der Waals surface area (Å²) in [5.41, 5.74) is 0.164. The van der Waals surface area contributed by atoms with Crippen molar-refractivity contribution >= 4 is 28.9 Å². The number of hydrogen-bond donors (Lipinski definition) is 2. The van der Waals surface area contributed by atoms with E-state index in [0.717, 1.165) is 32.6 Å². The normalized spacial score (nSPS) is 16.2. The third-order valence-corrected chi connectivity index (χ3v) is 3.55. The van der Waals surface area contributed by atoms with Crippen LogP contribution in [0.5, 0.6) is 0 Å². The second-order valence-corrected chi connectivity index (χ2v) is 5.26. The van der Waals surface area contributed by atoms with E-state index in [2.05, 4.69) is 15.5 Å². The number of anilines is 1. The molecule has 0 atom stereocenters. The molecule has 0 bridgehead atoms. The number of nitrogens with one attached hydrogen (secondary N) is 2. The predicted molar refractivity (Wildman–Crippen MR) is 80.7 cm³/mol. The van der Waals surface area contributed by atoms with Crippen molar-refractivity contribution in [1.29, 1.82) is 0 Å². The van der Waals surface area contributed by atoms with Crippen LogP contribution in [-0.4, -0.2) is 48.5 Å². The molecule has 2 N–H and O–H groups in total. The molecule has 2 rings (SSSR count). The molecule has 0 aliphatic carbocycles. The molecular weight excluding hydrogens is 296 g/mol. The maximum atomic E-state index is 12.0. The first-order valence-corrected chi connectivity index (χ1v) is 7.11. The van der Waals surface area contributed by atoms with Gasteiger partial charge < -0.3 is 10.6 Å². The summed E-state index contributed by atoms with van der Waals surface area (Å²) >= 11 is 5.73. The number of amides is 1. The minimum atomic E-state index is -0.571. The van der Waals surface area contributed by atoms with E-state index in [-0.39, 0.29) is 23.2 Å². The number of halogens is 1. The molecule has 114 valence electrons. The maximum Gasteiger partial charge on any atom is 0.289 e. The van der Waals surface area contributed by atoms with Gasteiger partial charge in [-0.1, -0.05) is 11.6 Å². The van der Waals surface area contributed by atoms with Crippen molar-refractivity contribution < 1.29 is 9.72 Å². The number of benzene rings is 1. The first kappa shape index (κ1) is 15.7. The molecule has 0 spiro atoms. The van der Waals surface area contributed by atoms with Gasteiger partial charge in [-0.3, -0.25) is 19.8 Å². The second kappa shape index (κ2) is 7.35. The lowest BCUT2D eigenvalue weighted by Gasteiger charge is -2.18. The lowest BCUT2D eigenvalue weighted by Crippen LogP contribution is -2.35. The highest BCUT2D eigenvalue weighted by molar-refractivity contribution is 6.32. The van der Waals surface area contributed by atoms with Crippen LogP contribution in [0.2, 0.25) is 5.02 Å². The van der Waals surface area contributed by atoms with Crippen molar-refractivity contribution in [2.75, 3.05) is 38.0 Å². The average Bonchev–Trinajstić information content (AvgIpc) is 2.69. The van der Waals surface area contributed by atoms with Crippen LogP contribution < -0.4 is 10.6 Å². The predicted octanol–water partition coefficient (Wildman–Crippen LogP) is 1.48. The Balaban J connectivity index is 1.95. The van der Waals surface area contributed by atoms with Gasteiger partial charge in [0.25, 0.3) is 5.69 Å². The Morgan fingerprint density at radius 3 is 3.00 bits per heavy atom. The zero-order valence-corrected chi connectivity index (χ0v) is 12.2. The summed E-state index contributed by atoms with van der Waals surface area (Å²) in [6, 6.07) is 4.23. The first-order chi connectivity index (χ1) is 10.1. The number of nitro groups is 1. The van der Waals surface area contributed by atoms with Gasteiger partial charge >= 0.3 is 0 Å². The maximum absolute atomic E-state index is 12.0. The van der Waals surface area contributed by atoms with Crippen LogP contribution in [0, 0.1) is 10.1 Å². The fraction of sp³-hybridized carbons (Fsp3) is 0.462. The third-order valence-electron chi connectivity index (χ3n) is 3.23. The highest BCUT2D eigenvalue weighted by atomic mass is 35.5. The third kappa shape index (κ3) is 4.66. The quantitative estimate of drug-likeness (QED) is 0.649. The SMILES string of the molecule is O=C(CN1CCCNCC1)Nc1ccc(Cl)c([N+](=O)[O-])c1. The van der Waals surface area contributed by atoms with E-state index in [1.54, 1.807) is 6.07 Å². The van der Waals surface area contributed by atoms with Gasteiger partial charge in [0.2, 0.25) is 5.91 Å². The number of rotatable bonds is 4. The van der Waals surface area contributed by atoms with Crippen molar-refractivity contribution in [3.63, 3.8) is 0 Å². The largest absolute Gasteiger partial charge is 0.325 e. The van der Waals surface area contributed by atoms with Crippen molar-refractivity contribution in [2.45, 2.75) is 6.42 Å². The van der Waals surface area contributed by atoms with E-state index in [0.29, 0.717) is 5.69 Å². The lowest BCUT2D eigenvalue weighted by molar-refractivity contribution is -0.384. The summed E-state index contributed by atoms with van der Waals surface area (Å²) in [4.78, 5) is 24.3. The van der Waals surface area contributed by atoms with E-state index >= 15 is 0 Å². The highest BCUT2D eigenvalue weighted by Crippen LogP contribution is 2.27. The van der Waals surface area contributed by atoms with E-state index in [9.17, 15) is 14.9 Å². The minimum Gasteiger partial charge on any atom is -0.325 e. The molecule has 0 radical (unpaired) electrons. The molecule has 7 nitrogen and oxygen atoms in total. The molecule has 1 aliphatic heterocycles. The van der Waals surface area contributed by atoms with E-state index < -0.39 is 4.92 Å². The summed E-state index contributed by atoms with van der Waals surface area (Å²) in [5, 5.41) is 16.8. The number of hydrogen-bond acceptors (Lipinski definition) is 5. The van der Waals surface area contributed by atoms with Crippen LogP contribution in [0.1, 0.15) is 6.42 Å². The Morgan fingerprint density at radius 2 is 2.24 bits per heavy atom. The molecular formula is C13H17ClN4O3. The van der Waals surface area contributed by atoms with Gasteiger partial charge in [-0.2, -0.15) is 0 Å². The van der Waals surface area contributed by atoms with Crippen LogP contribution in [0.4, 0.5) is 11.4 Å². The van der Waals surface area contributed by atoms with Crippen LogP contribution in [-0.2, 0) is 4.79 Å². The molecule has 1 amide bonds. The molecule has 1 aromatic rings. The Hall–Kier alpha value is -1.70. The zero-order chi connectivity index (χ0) is 15.2. The van der Waals surface area contributed by atoms with E-state index in [4.69, 9.17) is 11.6 Å². The fourth-order valence-corrected chi connectivity index (χ4v) is 2.38. The molecule has 8 heteroatoms. The summed E-state index contributed by atoms with van der Waals surface area (Å²) in [7, 11) is 0. The van der Waals surface area contributed by atoms with Gasteiger partial charge in [0.05, 0.1) is 11.5 Å². The number of nitrogens with zero attached hydrogens (tertiary/aromatic N) is 2. The minimum absolute atomic E-state index is 0.0524. The summed E-state index contributed by atoms with van der Waals surface area (Å²) in [5.74, 6) is -0.187. The van der Waals surface area contributed by atoms with Crippen LogP contribution in [0.15, 0.2) is 18.2 Å². The van der Waals surface area contributed by atoms with Gasteiger partial charge in [0.1, 0.15) is 5.02 Å². The lowest BCUT2D eigenvalue weighted by atomic mass is 10.2. The first-order valence-electron chi connectivity index (χ1n) is 6.73. The molecule has 1 fully saturated rings. The summed E-state index contributed by atoms with van der Waals surface area (Å²) in [6.07, 6.45) is 1.000. The van der Waals surface area contributed by atoms with E-state index in [1.165, 1.54) is 12.1 Å². The van der Waals surface area contributed by atoms with Crippen LogP contribution in [0.3, 0.4) is 0 Å². The van der Waals surface area contributed by atoms with Crippen molar-refractivity contribution in [3.05, 3.63) is 33.3 Å². The number of nitro benzene ring substituents is 1. The summed E-state index contributed by atoms with van der Waals surface area (Å²) in [6.45, 7) is 3.77. The van der Waals surface area contributed by atoms with Crippen LogP contribution in [0.25, 0.3) is 0 Å². The van der Waals surface area contributed by atoms with Crippen LogP contribution >= 0.6 is 11.6 Å². The van der Waals surface area contributed by atoms with Crippen molar-refractivity contribution in [3.8, 4) is 0 Å². The average molecular weight is 313 g/mol. The molecule has 1 aliphatic rings. The topological polar surface area (TPSA) is 87.5 Å². The highest BCUT2D eigenvalue weighted by Gasteiger charge is 2.16. The van der Waals surface area contributed by atoms with E-state index in [1.807, 2.05) is 0 Å². The zero-order valence-electron chi connectivity index (χ0n) is 11.5. The molecule has 1 aromatic carbocycles.